The lowest BCUT2D eigenvalue weighted by atomic mass is 9.99. The van der Waals surface area contributed by atoms with E-state index in [0.717, 1.165) is 43.0 Å². The van der Waals surface area contributed by atoms with Crippen LogP contribution in [-0.2, 0) is 6.54 Å². The average molecular weight is 354 g/mol. The second-order valence-electron chi connectivity index (χ2n) is 6.78. The third kappa shape index (κ3) is 3.56. The van der Waals surface area contributed by atoms with Crippen molar-refractivity contribution in [1.29, 1.82) is 0 Å². The van der Waals surface area contributed by atoms with E-state index in [9.17, 15) is 4.79 Å². The molecule has 0 spiro atoms. The van der Waals surface area contributed by atoms with Crippen LogP contribution in [0.4, 0.5) is 5.95 Å². The minimum atomic E-state index is -0.0228. The van der Waals surface area contributed by atoms with Crippen LogP contribution in [0.15, 0.2) is 30.5 Å². The van der Waals surface area contributed by atoms with E-state index in [1.165, 1.54) is 0 Å². The van der Waals surface area contributed by atoms with Gasteiger partial charge in [-0.2, -0.15) is 0 Å². The lowest BCUT2D eigenvalue weighted by Gasteiger charge is -2.30. The highest BCUT2D eigenvalue weighted by atomic mass is 16.7. The molecular formula is C19H22N4O3. The van der Waals surface area contributed by atoms with Gasteiger partial charge in [-0.3, -0.25) is 4.79 Å². The second-order valence-corrected chi connectivity index (χ2v) is 6.78. The molecular weight excluding hydrogens is 332 g/mol. The molecule has 1 N–H and O–H groups in total. The van der Waals surface area contributed by atoms with Gasteiger partial charge in [-0.1, -0.05) is 13.0 Å². The number of fused-ring (bicyclic) bond motifs is 1. The zero-order valence-corrected chi connectivity index (χ0v) is 14.8. The smallest absolute Gasteiger partial charge is 0.272 e. The van der Waals surface area contributed by atoms with Crippen LogP contribution in [0.3, 0.4) is 0 Å². The number of rotatable bonds is 4. The Bertz CT molecular complexity index is 803. The van der Waals surface area contributed by atoms with Crippen molar-refractivity contribution in [2.45, 2.75) is 26.3 Å². The van der Waals surface area contributed by atoms with E-state index in [2.05, 4.69) is 22.2 Å². The van der Waals surface area contributed by atoms with Crippen LogP contribution in [0.25, 0.3) is 0 Å². The lowest BCUT2D eigenvalue weighted by Crippen LogP contribution is -2.38. The van der Waals surface area contributed by atoms with E-state index < -0.39 is 0 Å². The summed E-state index contributed by atoms with van der Waals surface area (Å²) < 4.78 is 10.7. The van der Waals surface area contributed by atoms with Gasteiger partial charge in [0.2, 0.25) is 12.7 Å². The molecule has 0 saturated carbocycles. The predicted octanol–water partition coefficient (Wildman–Crippen LogP) is 2.69. The summed E-state index contributed by atoms with van der Waals surface area (Å²) in [4.78, 5) is 23.1. The van der Waals surface area contributed by atoms with Crippen LogP contribution in [-0.4, -0.2) is 40.7 Å². The summed E-state index contributed by atoms with van der Waals surface area (Å²) in [6.07, 6.45) is 3.72. The van der Waals surface area contributed by atoms with Crippen LogP contribution in [0, 0.1) is 5.92 Å². The molecule has 3 heterocycles. The Hall–Kier alpha value is -2.83. The second kappa shape index (κ2) is 7.19. The molecule has 4 rings (SSSR count). The van der Waals surface area contributed by atoms with Gasteiger partial charge in [-0.15, -0.1) is 0 Å². The number of anilines is 1. The van der Waals surface area contributed by atoms with Crippen molar-refractivity contribution in [3.05, 3.63) is 41.7 Å². The van der Waals surface area contributed by atoms with E-state index in [1.54, 1.807) is 12.3 Å². The summed E-state index contributed by atoms with van der Waals surface area (Å²) in [5.74, 6) is 2.61. The predicted molar refractivity (Wildman–Crippen MR) is 96.2 cm³/mol. The minimum Gasteiger partial charge on any atom is -0.454 e. The number of nitrogens with zero attached hydrogens (tertiary/aromatic N) is 3. The summed E-state index contributed by atoms with van der Waals surface area (Å²) in [5.41, 5.74) is 1.46. The van der Waals surface area contributed by atoms with Crippen LogP contribution < -0.4 is 14.8 Å². The fourth-order valence-corrected chi connectivity index (χ4v) is 3.17. The largest absolute Gasteiger partial charge is 0.454 e. The Kier molecular flexibility index (Phi) is 4.60. The first-order valence-corrected chi connectivity index (χ1v) is 8.94. The van der Waals surface area contributed by atoms with E-state index in [0.29, 0.717) is 24.1 Å². The monoisotopic (exact) mass is 354 g/mol. The van der Waals surface area contributed by atoms with E-state index >= 15 is 0 Å². The van der Waals surface area contributed by atoms with Crippen molar-refractivity contribution in [3.8, 4) is 11.5 Å². The van der Waals surface area contributed by atoms with Gasteiger partial charge in [0.15, 0.2) is 11.5 Å². The standard InChI is InChI=1S/C19H22N4O3/c1-13-5-8-23(9-6-13)18(24)15-4-7-20-19(22-15)21-11-14-2-3-16-17(10-14)26-12-25-16/h2-4,7,10,13H,5-6,8-9,11-12H2,1H3,(H,20,21,22). The molecule has 0 atom stereocenters. The van der Waals surface area contributed by atoms with Crippen molar-refractivity contribution in [1.82, 2.24) is 14.9 Å². The van der Waals surface area contributed by atoms with Gasteiger partial charge in [0.05, 0.1) is 0 Å². The lowest BCUT2D eigenvalue weighted by molar-refractivity contribution is 0.0691. The molecule has 2 aromatic rings. The summed E-state index contributed by atoms with van der Waals surface area (Å²) in [7, 11) is 0. The fourth-order valence-electron chi connectivity index (χ4n) is 3.17. The topological polar surface area (TPSA) is 76.6 Å². The number of ether oxygens (including phenoxy) is 2. The number of carbonyl (C=O) groups excluding carboxylic acids is 1. The number of hydrogen-bond donors (Lipinski definition) is 1. The molecule has 136 valence electrons. The SMILES string of the molecule is CC1CCN(C(=O)c2ccnc(NCc3ccc4c(c3)OCO4)n2)CC1. The molecule has 0 radical (unpaired) electrons. The Labute approximate surface area is 152 Å². The van der Waals surface area contributed by atoms with Crippen molar-refractivity contribution in [2.75, 3.05) is 25.2 Å². The molecule has 1 fully saturated rings. The fraction of sp³-hybridized carbons (Fsp3) is 0.421. The molecule has 7 heteroatoms. The molecule has 7 nitrogen and oxygen atoms in total. The summed E-state index contributed by atoms with van der Waals surface area (Å²) >= 11 is 0. The van der Waals surface area contributed by atoms with Gasteiger partial charge < -0.3 is 19.7 Å². The number of piperidine rings is 1. The number of benzene rings is 1. The molecule has 26 heavy (non-hydrogen) atoms. The molecule has 1 aromatic heterocycles. The van der Waals surface area contributed by atoms with Gasteiger partial charge in [0.1, 0.15) is 5.69 Å². The normalized spacial score (nSPS) is 16.6. The summed E-state index contributed by atoms with van der Waals surface area (Å²) in [6, 6.07) is 7.45. The van der Waals surface area contributed by atoms with E-state index in [4.69, 9.17) is 9.47 Å². The van der Waals surface area contributed by atoms with Crippen LogP contribution in [0.5, 0.6) is 11.5 Å². The van der Waals surface area contributed by atoms with Crippen molar-refractivity contribution < 1.29 is 14.3 Å². The Balaban J connectivity index is 1.40. The van der Waals surface area contributed by atoms with Crippen molar-refractivity contribution >= 4 is 11.9 Å². The first-order valence-electron chi connectivity index (χ1n) is 8.94. The maximum absolute atomic E-state index is 12.6. The van der Waals surface area contributed by atoms with Gasteiger partial charge in [-0.25, -0.2) is 9.97 Å². The quantitative estimate of drug-likeness (QED) is 0.910. The first kappa shape index (κ1) is 16.6. The van der Waals surface area contributed by atoms with Crippen LogP contribution >= 0.6 is 0 Å². The number of amides is 1. The molecule has 2 aliphatic rings. The highest BCUT2D eigenvalue weighted by molar-refractivity contribution is 5.92. The van der Waals surface area contributed by atoms with Gasteiger partial charge in [0.25, 0.3) is 5.91 Å². The molecule has 1 saturated heterocycles. The number of nitrogens with one attached hydrogen (secondary N) is 1. The Morgan fingerprint density at radius 1 is 1.23 bits per heavy atom. The van der Waals surface area contributed by atoms with Crippen LogP contribution in [0.2, 0.25) is 0 Å². The van der Waals surface area contributed by atoms with Gasteiger partial charge in [0, 0.05) is 25.8 Å². The number of hydrogen-bond acceptors (Lipinski definition) is 6. The number of carbonyl (C=O) groups is 1. The van der Waals surface area contributed by atoms with E-state index in [1.807, 2.05) is 23.1 Å². The number of aromatic nitrogens is 2. The highest BCUT2D eigenvalue weighted by Gasteiger charge is 2.22. The zero-order valence-electron chi connectivity index (χ0n) is 14.8. The molecule has 2 aliphatic heterocycles. The van der Waals surface area contributed by atoms with Crippen molar-refractivity contribution in [3.63, 3.8) is 0 Å². The zero-order chi connectivity index (χ0) is 17.9. The molecule has 1 aromatic carbocycles. The molecule has 0 aliphatic carbocycles. The summed E-state index contributed by atoms with van der Waals surface area (Å²) in [5, 5.41) is 3.17. The third-order valence-corrected chi connectivity index (χ3v) is 4.83. The first-order chi connectivity index (χ1) is 12.7. The number of likely N-dealkylation sites (tertiary alicyclic amines) is 1. The van der Waals surface area contributed by atoms with Crippen LogP contribution in [0.1, 0.15) is 35.8 Å². The highest BCUT2D eigenvalue weighted by Crippen LogP contribution is 2.32. The maximum atomic E-state index is 12.6. The maximum Gasteiger partial charge on any atom is 0.272 e. The van der Waals surface area contributed by atoms with Gasteiger partial charge >= 0.3 is 0 Å². The molecule has 0 bridgehead atoms. The third-order valence-electron chi connectivity index (χ3n) is 4.83. The summed E-state index contributed by atoms with van der Waals surface area (Å²) in [6.45, 7) is 4.61. The molecule has 0 unspecified atom stereocenters. The average Bonchev–Trinajstić information content (AvgIpc) is 3.14. The molecule has 1 amide bonds. The van der Waals surface area contributed by atoms with Crippen molar-refractivity contribution in [2.24, 2.45) is 5.92 Å². The minimum absolute atomic E-state index is 0.0228. The van der Waals surface area contributed by atoms with E-state index in [-0.39, 0.29) is 12.7 Å². The van der Waals surface area contributed by atoms with Gasteiger partial charge in [-0.05, 0) is 42.5 Å². The Morgan fingerprint density at radius 3 is 2.88 bits per heavy atom. The Morgan fingerprint density at radius 2 is 2.04 bits per heavy atom.